The van der Waals surface area contributed by atoms with Gasteiger partial charge in [0.1, 0.15) is 16.9 Å². The summed E-state index contributed by atoms with van der Waals surface area (Å²) in [5.74, 6) is -0.198. The van der Waals surface area contributed by atoms with Crippen molar-refractivity contribution in [1.82, 2.24) is 20.7 Å². The standard InChI is InChI=1S/C21H18N6O3/c22-17-18(20(29)19(17)28)27-6-5-12-2-1-11(7-14(12)10-27)9-23-21(30)13-3-4-15-16(8-13)25-26-24-15/h1-4,7-8H,5-6,9-10,22H2,(H,23,30)(H,24,25,26). The summed E-state index contributed by atoms with van der Waals surface area (Å²) in [6.07, 6.45) is 0.762. The van der Waals surface area contributed by atoms with Gasteiger partial charge in [-0.3, -0.25) is 19.5 Å². The Morgan fingerprint density at radius 3 is 2.83 bits per heavy atom. The van der Waals surface area contributed by atoms with Crippen molar-refractivity contribution in [2.24, 2.45) is 0 Å². The summed E-state index contributed by atoms with van der Waals surface area (Å²) in [7, 11) is 0. The molecule has 1 aliphatic rings. The average molecular weight is 402 g/mol. The lowest BCUT2D eigenvalue weighted by Crippen LogP contribution is -2.44. The first kappa shape index (κ1) is 18.0. The van der Waals surface area contributed by atoms with E-state index in [4.69, 9.17) is 5.73 Å². The second-order valence-corrected chi connectivity index (χ2v) is 7.42. The first-order chi connectivity index (χ1) is 14.5. The average Bonchev–Trinajstić information content (AvgIpc) is 3.25. The summed E-state index contributed by atoms with van der Waals surface area (Å²) in [6.45, 7) is 1.52. The van der Waals surface area contributed by atoms with E-state index in [2.05, 4.69) is 20.7 Å². The molecule has 4 N–H and O–H groups in total. The maximum Gasteiger partial charge on any atom is 0.253 e. The van der Waals surface area contributed by atoms with Gasteiger partial charge in [0, 0.05) is 25.2 Å². The second kappa shape index (κ2) is 6.80. The van der Waals surface area contributed by atoms with E-state index < -0.39 is 10.9 Å². The summed E-state index contributed by atoms with van der Waals surface area (Å²) in [6, 6.07) is 11.2. The molecule has 30 heavy (non-hydrogen) atoms. The number of carbonyl (C=O) groups is 1. The molecule has 4 aromatic rings. The number of rotatable bonds is 4. The van der Waals surface area contributed by atoms with Gasteiger partial charge in [0.2, 0.25) is 0 Å². The highest BCUT2D eigenvalue weighted by molar-refractivity contribution is 5.97. The van der Waals surface area contributed by atoms with E-state index in [9.17, 15) is 14.4 Å². The van der Waals surface area contributed by atoms with E-state index >= 15 is 0 Å². The molecule has 0 saturated heterocycles. The van der Waals surface area contributed by atoms with Crippen LogP contribution in [0.1, 0.15) is 27.0 Å². The van der Waals surface area contributed by atoms with E-state index in [0.29, 0.717) is 36.4 Å². The number of nitrogens with two attached hydrogens (primary N) is 1. The Hall–Kier alpha value is -4.01. The number of fused-ring (bicyclic) bond motifs is 2. The molecule has 0 fully saturated rings. The molecule has 0 bridgehead atoms. The molecule has 0 spiro atoms. The van der Waals surface area contributed by atoms with E-state index in [-0.39, 0.29) is 11.6 Å². The van der Waals surface area contributed by atoms with E-state index in [1.54, 1.807) is 18.2 Å². The molecule has 0 radical (unpaired) electrons. The fourth-order valence-electron chi connectivity index (χ4n) is 3.89. The molecule has 9 nitrogen and oxygen atoms in total. The van der Waals surface area contributed by atoms with E-state index in [1.807, 2.05) is 23.1 Å². The molecule has 1 aromatic heterocycles. The number of benzene rings is 2. The van der Waals surface area contributed by atoms with Crippen LogP contribution in [-0.4, -0.2) is 27.9 Å². The number of nitrogen functional groups attached to an aromatic ring is 1. The highest BCUT2D eigenvalue weighted by Gasteiger charge is 2.26. The van der Waals surface area contributed by atoms with Gasteiger partial charge in [-0.25, -0.2) is 0 Å². The Kier molecular flexibility index (Phi) is 4.09. The van der Waals surface area contributed by atoms with Gasteiger partial charge in [0.15, 0.2) is 0 Å². The second-order valence-electron chi connectivity index (χ2n) is 7.42. The van der Waals surface area contributed by atoms with Crippen molar-refractivity contribution in [1.29, 1.82) is 0 Å². The highest BCUT2D eigenvalue weighted by atomic mass is 16.2. The summed E-state index contributed by atoms with van der Waals surface area (Å²) in [4.78, 5) is 37.6. The lowest BCUT2D eigenvalue weighted by atomic mass is 9.96. The van der Waals surface area contributed by atoms with Gasteiger partial charge in [-0.05, 0) is 41.3 Å². The molecule has 1 amide bonds. The van der Waals surface area contributed by atoms with Crippen molar-refractivity contribution in [2.75, 3.05) is 17.2 Å². The van der Waals surface area contributed by atoms with Crippen molar-refractivity contribution < 1.29 is 4.79 Å². The SMILES string of the molecule is Nc1c(N2CCc3ccc(CNC(=O)c4ccc5[nH]nnc5c4)cc3C2)c(=O)c1=O. The molecular weight excluding hydrogens is 384 g/mol. The molecule has 0 saturated carbocycles. The van der Waals surface area contributed by atoms with Crippen LogP contribution >= 0.6 is 0 Å². The highest BCUT2D eigenvalue weighted by Crippen LogP contribution is 2.26. The third kappa shape index (κ3) is 2.91. The van der Waals surface area contributed by atoms with Gasteiger partial charge in [-0.1, -0.05) is 23.4 Å². The van der Waals surface area contributed by atoms with Crippen LogP contribution in [-0.2, 0) is 19.5 Å². The molecule has 0 atom stereocenters. The van der Waals surface area contributed by atoms with Crippen LogP contribution in [0.25, 0.3) is 11.0 Å². The number of hydrogen-bond donors (Lipinski definition) is 3. The van der Waals surface area contributed by atoms with Crippen LogP contribution in [0.5, 0.6) is 0 Å². The number of amides is 1. The topological polar surface area (TPSA) is 134 Å². The smallest absolute Gasteiger partial charge is 0.253 e. The Bertz CT molecular complexity index is 1370. The summed E-state index contributed by atoms with van der Waals surface area (Å²) >= 11 is 0. The van der Waals surface area contributed by atoms with Gasteiger partial charge in [0.05, 0.1) is 5.52 Å². The number of nitrogens with one attached hydrogen (secondary N) is 2. The van der Waals surface area contributed by atoms with Gasteiger partial charge in [-0.15, -0.1) is 5.10 Å². The molecule has 2 heterocycles. The maximum absolute atomic E-state index is 12.5. The Morgan fingerprint density at radius 1 is 1.13 bits per heavy atom. The van der Waals surface area contributed by atoms with Gasteiger partial charge in [0.25, 0.3) is 16.8 Å². The number of anilines is 2. The lowest BCUT2D eigenvalue weighted by molar-refractivity contribution is 0.0951. The van der Waals surface area contributed by atoms with Crippen molar-refractivity contribution in [3.63, 3.8) is 0 Å². The Morgan fingerprint density at radius 2 is 2.00 bits per heavy atom. The van der Waals surface area contributed by atoms with E-state index in [1.165, 1.54) is 5.56 Å². The van der Waals surface area contributed by atoms with Crippen molar-refractivity contribution in [2.45, 2.75) is 19.5 Å². The predicted octanol–water partition coefficient (Wildman–Crippen LogP) is 0.629. The largest absolute Gasteiger partial charge is 0.394 e. The van der Waals surface area contributed by atoms with Crippen LogP contribution < -0.4 is 26.8 Å². The zero-order valence-electron chi connectivity index (χ0n) is 15.9. The molecule has 5 rings (SSSR count). The van der Waals surface area contributed by atoms with Gasteiger partial charge < -0.3 is 16.0 Å². The molecule has 0 aliphatic carbocycles. The molecule has 150 valence electrons. The van der Waals surface area contributed by atoms with E-state index in [0.717, 1.165) is 23.1 Å². The maximum atomic E-state index is 12.5. The zero-order valence-corrected chi connectivity index (χ0v) is 15.9. The third-order valence-electron chi connectivity index (χ3n) is 5.56. The number of aromatic nitrogens is 3. The fraction of sp³-hybridized carbons (Fsp3) is 0.190. The minimum absolute atomic E-state index is 0.0518. The van der Waals surface area contributed by atoms with Crippen LogP contribution in [0.4, 0.5) is 11.4 Å². The number of nitrogens with zero attached hydrogens (tertiary/aromatic N) is 3. The first-order valence-corrected chi connectivity index (χ1v) is 9.54. The predicted molar refractivity (Wildman–Crippen MR) is 112 cm³/mol. The normalized spacial score (nSPS) is 13.5. The summed E-state index contributed by atoms with van der Waals surface area (Å²) in [5, 5.41) is 13.3. The fourth-order valence-corrected chi connectivity index (χ4v) is 3.89. The minimum Gasteiger partial charge on any atom is -0.394 e. The van der Waals surface area contributed by atoms with Gasteiger partial charge in [-0.2, -0.15) is 0 Å². The quantitative estimate of drug-likeness (QED) is 0.426. The molecule has 3 aromatic carbocycles. The number of aromatic amines is 1. The van der Waals surface area contributed by atoms with Crippen LogP contribution in [0.15, 0.2) is 46.0 Å². The van der Waals surface area contributed by atoms with Crippen molar-refractivity contribution in [3.8, 4) is 0 Å². The van der Waals surface area contributed by atoms with Gasteiger partial charge >= 0.3 is 0 Å². The Labute approximate surface area is 170 Å². The van der Waals surface area contributed by atoms with Crippen molar-refractivity contribution in [3.05, 3.63) is 79.1 Å². The first-order valence-electron chi connectivity index (χ1n) is 9.54. The van der Waals surface area contributed by atoms with Crippen LogP contribution in [0, 0.1) is 0 Å². The van der Waals surface area contributed by atoms with Crippen molar-refractivity contribution >= 4 is 28.3 Å². The number of carbonyl (C=O) groups excluding carboxylic acids is 1. The summed E-state index contributed by atoms with van der Waals surface area (Å²) < 4.78 is 0. The monoisotopic (exact) mass is 402 g/mol. The van der Waals surface area contributed by atoms with Crippen LogP contribution in [0.2, 0.25) is 0 Å². The number of hydrogen-bond acceptors (Lipinski definition) is 7. The minimum atomic E-state index is -0.601. The molecule has 1 aliphatic heterocycles. The number of H-pyrrole nitrogens is 1. The third-order valence-corrected chi connectivity index (χ3v) is 5.56. The van der Waals surface area contributed by atoms with Crippen LogP contribution in [0.3, 0.4) is 0 Å². The molecule has 0 unspecified atom stereocenters. The zero-order chi connectivity index (χ0) is 20.8. The lowest BCUT2D eigenvalue weighted by Gasteiger charge is -2.32. The molecule has 9 heteroatoms. The summed E-state index contributed by atoms with van der Waals surface area (Å²) in [5.41, 5.74) is 10.1. The molecular formula is C21H18N6O3. The Balaban J connectivity index is 1.30.